The Labute approximate surface area is 193 Å². The van der Waals surface area contributed by atoms with E-state index in [0.29, 0.717) is 11.1 Å². The van der Waals surface area contributed by atoms with Crippen LogP contribution >= 0.6 is 66.7 Å². The van der Waals surface area contributed by atoms with E-state index in [1.54, 1.807) is 25.1 Å². The fourth-order valence-electron chi connectivity index (χ4n) is 1.63. The summed E-state index contributed by atoms with van der Waals surface area (Å²) >= 11 is 20.8. The molecule has 0 unspecified atom stereocenters. The Kier molecular flexibility index (Phi) is 12.5. The number of aryl methyl sites for hydroxylation is 2. The molecule has 0 heterocycles. The Balaban J connectivity index is 0.000000411. The Morgan fingerprint density at radius 1 is 0.750 bits per heavy atom. The van der Waals surface area contributed by atoms with Crippen LogP contribution < -0.4 is 0 Å². The van der Waals surface area contributed by atoms with Crippen molar-refractivity contribution in [2.45, 2.75) is 13.8 Å². The van der Waals surface area contributed by atoms with Crippen molar-refractivity contribution >= 4 is 88.4 Å². The number of halogens is 5. The van der Waals surface area contributed by atoms with Crippen LogP contribution in [0.3, 0.4) is 0 Å². The lowest BCUT2D eigenvalue weighted by Crippen LogP contribution is -1.98. The number of aromatic carboxylic acids is 1. The Bertz CT molecular complexity index is 827. The zero-order chi connectivity index (χ0) is 22.0. The van der Waals surface area contributed by atoms with Crippen molar-refractivity contribution in [1.29, 1.82) is 0 Å². The first-order valence-corrected chi connectivity index (χ1v) is 9.93. The second-order valence-electron chi connectivity index (χ2n) is 5.04. The van der Waals surface area contributed by atoms with E-state index in [1.165, 1.54) is 0 Å². The number of carboxylic acid groups (broad SMARTS) is 1. The minimum Gasteiger partial charge on any atom is -0.478 e. The summed E-state index contributed by atoms with van der Waals surface area (Å²) in [5, 5.41) is 5.97. The molecule has 0 aliphatic heterocycles. The van der Waals surface area contributed by atoms with E-state index in [4.69, 9.17) is 16.7 Å². The number of carbonyl (C=O) groups excluding carboxylic acids is 3. The van der Waals surface area contributed by atoms with Gasteiger partial charge in [-0.15, -0.1) is 0 Å². The summed E-state index contributed by atoms with van der Waals surface area (Å²) in [6.45, 7) is 3.62. The van der Waals surface area contributed by atoms with Crippen LogP contribution in [0.1, 0.15) is 31.8 Å². The average Bonchev–Trinajstić information content (AvgIpc) is 2.59. The minimum atomic E-state index is -1.14. The van der Waals surface area contributed by atoms with E-state index in [9.17, 15) is 19.2 Å². The summed E-state index contributed by atoms with van der Waals surface area (Å²) in [5.41, 5.74) is 2.58. The van der Waals surface area contributed by atoms with E-state index >= 15 is 0 Å². The number of carboxylic acids is 1. The van der Waals surface area contributed by atoms with Gasteiger partial charge in [-0.25, -0.2) is 4.79 Å². The average molecular weight is 575 g/mol. The standard InChI is InChI=1S/C8H6BrClO.C8H7BrO2.C2Cl2O2/c2*1-5-2-3-6(9)4-7(5)8(10)11;3-1(5)2(4)6/h2-4H,1H3;2-4H,1H3,(H,10,11);. The molecule has 0 spiro atoms. The fraction of sp³-hybridized carbons (Fsp3) is 0.111. The number of carbonyl (C=O) groups is 4. The lowest BCUT2D eigenvalue weighted by Gasteiger charge is -1.99. The van der Waals surface area contributed by atoms with Crippen molar-refractivity contribution in [2.75, 3.05) is 0 Å². The first-order valence-electron chi connectivity index (χ1n) is 7.21. The highest BCUT2D eigenvalue weighted by Crippen LogP contribution is 2.17. The van der Waals surface area contributed by atoms with Crippen LogP contribution in [-0.2, 0) is 9.59 Å². The smallest absolute Gasteiger partial charge is 0.335 e. The van der Waals surface area contributed by atoms with Gasteiger partial charge in [0.25, 0.3) is 5.24 Å². The van der Waals surface area contributed by atoms with Gasteiger partial charge >= 0.3 is 16.5 Å². The van der Waals surface area contributed by atoms with Crippen LogP contribution in [-0.4, -0.2) is 26.8 Å². The Morgan fingerprint density at radius 2 is 1.11 bits per heavy atom. The van der Waals surface area contributed by atoms with Crippen LogP contribution in [0.5, 0.6) is 0 Å². The van der Waals surface area contributed by atoms with Crippen LogP contribution in [0, 0.1) is 13.8 Å². The van der Waals surface area contributed by atoms with Crippen molar-refractivity contribution in [3.05, 3.63) is 67.6 Å². The predicted molar refractivity (Wildman–Crippen MR) is 117 cm³/mol. The van der Waals surface area contributed by atoms with Gasteiger partial charge < -0.3 is 5.11 Å². The molecule has 0 aliphatic carbocycles. The number of hydrogen-bond acceptors (Lipinski definition) is 4. The summed E-state index contributed by atoms with van der Waals surface area (Å²) in [6, 6.07) is 10.6. The van der Waals surface area contributed by atoms with Crippen molar-refractivity contribution in [3.63, 3.8) is 0 Å². The van der Waals surface area contributed by atoms with Crippen LogP contribution in [0.4, 0.5) is 0 Å². The molecule has 0 saturated carbocycles. The van der Waals surface area contributed by atoms with Gasteiger partial charge in [0.2, 0.25) is 0 Å². The van der Waals surface area contributed by atoms with Gasteiger partial charge in [-0.3, -0.25) is 14.4 Å². The molecule has 28 heavy (non-hydrogen) atoms. The molecule has 0 aromatic heterocycles. The fourth-order valence-corrected chi connectivity index (χ4v) is 2.56. The van der Waals surface area contributed by atoms with E-state index in [1.807, 2.05) is 25.1 Å². The third kappa shape index (κ3) is 10.3. The zero-order valence-corrected chi connectivity index (χ0v) is 19.9. The number of hydrogen-bond donors (Lipinski definition) is 1. The first-order chi connectivity index (χ1) is 12.9. The zero-order valence-electron chi connectivity index (χ0n) is 14.4. The highest BCUT2D eigenvalue weighted by Gasteiger charge is 2.06. The highest BCUT2D eigenvalue weighted by molar-refractivity contribution is 9.10. The summed E-state index contributed by atoms with van der Waals surface area (Å²) in [4.78, 5) is 40.2. The normalized spacial score (nSPS) is 9.25. The van der Waals surface area contributed by atoms with Gasteiger partial charge in [-0.1, -0.05) is 44.0 Å². The highest BCUT2D eigenvalue weighted by atomic mass is 79.9. The maximum absolute atomic E-state index is 10.8. The molecule has 2 rings (SSSR count). The second kappa shape index (κ2) is 13.1. The molecule has 0 amide bonds. The summed E-state index contributed by atoms with van der Waals surface area (Å²) < 4.78 is 1.66. The molecule has 150 valence electrons. The molecule has 5 nitrogen and oxygen atoms in total. The van der Waals surface area contributed by atoms with Gasteiger partial charge in [0.15, 0.2) is 0 Å². The molecule has 10 heteroatoms. The Morgan fingerprint density at radius 3 is 1.36 bits per heavy atom. The van der Waals surface area contributed by atoms with E-state index < -0.39 is 21.7 Å². The molecule has 1 N–H and O–H groups in total. The van der Waals surface area contributed by atoms with Gasteiger partial charge in [-0.05, 0) is 84.0 Å². The molecule has 2 aromatic rings. The molecule has 0 saturated heterocycles. The van der Waals surface area contributed by atoms with Crippen molar-refractivity contribution in [3.8, 4) is 0 Å². The topological polar surface area (TPSA) is 88.5 Å². The minimum absolute atomic E-state index is 0.347. The third-order valence-electron chi connectivity index (χ3n) is 3.00. The maximum Gasteiger partial charge on any atom is 0.335 e. The Hall–Kier alpha value is -1.25. The van der Waals surface area contributed by atoms with Crippen LogP contribution in [0.25, 0.3) is 0 Å². The quantitative estimate of drug-likeness (QED) is 0.353. The predicted octanol–water partition coefficient (Wildman–Crippen LogP) is 6.11. The number of benzene rings is 2. The summed E-state index contributed by atoms with van der Waals surface area (Å²) in [6.07, 6.45) is 0. The maximum atomic E-state index is 10.8. The van der Waals surface area contributed by atoms with Crippen LogP contribution in [0.2, 0.25) is 0 Å². The summed E-state index contributed by atoms with van der Waals surface area (Å²) in [5.74, 6) is -0.885. The largest absolute Gasteiger partial charge is 0.478 e. The van der Waals surface area contributed by atoms with Crippen LogP contribution in [0.15, 0.2) is 45.3 Å². The molecular weight excluding hydrogens is 562 g/mol. The van der Waals surface area contributed by atoms with Crippen molar-refractivity contribution in [2.24, 2.45) is 0 Å². The van der Waals surface area contributed by atoms with Gasteiger partial charge in [0, 0.05) is 14.5 Å². The molecule has 0 fully saturated rings. The van der Waals surface area contributed by atoms with Gasteiger partial charge in [0.05, 0.1) is 5.56 Å². The molecule has 2 aromatic carbocycles. The van der Waals surface area contributed by atoms with E-state index in [-0.39, 0.29) is 0 Å². The second-order valence-corrected chi connectivity index (χ2v) is 7.91. The van der Waals surface area contributed by atoms with Gasteiger partial charge in [0.1, 0.15) is 0 Å². The monoisotopic (exact) mass is 572 g/mol. The summed E-state index contributed by atoms with van der Waals surface area (Å²) in [7, 11) is 0. The molecule has 0 atom stereocenters. The van der Waals surface area contributed by atoms with Gasteiger partial charge in [-0.2, -0.15) is 0 Å². The third-order valence-corrected chi connectivity index (χ3v) is 4.63. The van der Waals surface area contributed by atoms with Crippen molar-refractivity contribution < 1.29 is 24.3 Å². The van der Waals surface area contributed by atoms with E-state index in [0.717, 1.165) is 20.1 Å². The number of rotatable bonds is 3. The molecule has 0 bridgehead atoms. The van der Waals surface area contributed by atoms with Crippen molar-refractivity contribution in [1.82, 2.24) is 0 Å². The lowest BCUT2D eigenvalue weighted by molar-refractivity contribution is -0.127. The lowest BCUT2D eigenvalue weighted by atomic mass is 10.1. The first kappa shape index (κ1) is 26.8. The van der Waals surface area contributed by atoms with E-state index in [2.05, 4.69) is 55.1 Å². The molecule has 0 radical (unpaired) electrons. The molecule has 0 aliphatic rings. The SMILES string of the molecule is Cc1ccc(Br)cc1C(=O)Cl.Cc1ccc(Br)cc1C(=O)O.O=C(Cl)C(=O)Cl. The molecular formula is C18H13Br2Cl3O5.